The van der Waals surface area contributed by atoms with Crippen LogP contribution >= 0.6 is 11.8 Å². The summed E-state index contributed by atoms with van der Waals surface area (Å²) in [5.41, 5.74) is 1.43. The summed E-state index contributed by atoms with van der Waals surface area (Å²) >= 11 is 2.04. The van der Waals surface area contributed by atoms with Crippen molar-refractivity contribution < 1.29 is 0 Å². The van der Waals surface area contributed by atoms with Crippen LogP contribution in [0.3, 0.4) is 0 Å². The lowest BCUT2D eigenvalue weighted by atomic mass is 10.1. The van der Waals surface area contributed by atoms with E-state index in [0.29, 0.717) is 0 Å². The molecule has 0 spiro atoms. The first-order chi connectivity index (χ1) is 6.86. The fourth-order valence-electron chi connectivity index (χ4n) is 2.10. The molecule has 1 aliphatic rings. The molecule has 0 bridgehead atoms. The Bertz CT molecular complexity index is 287. The van der Waals surface area contributed by atoms with Crippen molar-refractivity contribution in [1.29, 1.82) is 0 Å². The number of thioether (sulfide) groups is 1. The molecule has 14 heavy (non-hydrogen) atoms. The summed E-state index contributed by atoms with van der Waals surface area (Å²) in [5.74, 6) is 2.31. The van der Waals surface area contributed by atoms with Crippen LogP contribution in [0.15, 0.2) is 29.2 Å². The van der Waals surface area contributed by atoms with E-state index in [9.17, 15) is 0 Å². The van der Waals surface area contributed by atoms with Gasteiger partial charge in [-0.2, -0.15) is 0 Å². The SMILES string of the molecule is Cc1ccccc1SCC1CCCC1. The molecule has 1 aromatic carbocycles. The highest BCUT2D eigenvalue weighted by atomic mass is 32.2. The van der Waals surface area contributed by atoms with Gasteiger partial charge in [0.15, 0.2) is 0 Å². The molecular weight excluding hydrogens is 188 g/mol. The highest BCUT2D eigenvalue weighted by Gasteiger charge is 2.15. The Hall–Kier alpha value is -0.430. The van der Waals surface area contributed by atoms with E-state index in [-0.39, 0.29) is 0 Å². The lowest BCUT2D eigenvalue weighted by Crippen LogP contribution is -1.96. The molecule has 0 aliphatic heterocycles. The van der Waals surface area contributed by atoms with Gasteiger partial charge in [0.2, 0.25) is 0 Å². The maximum Gasteiger partial charge on any atom is 0.0101 e. The largest absolute Gasteiger partial charge is 0.126 e. The van der Waals surface area contributed by atoms with Gasteiger partial charge in [-0.05, 0) is 37.3 Å². The summed E-state index contributed by atoms with van der Waals surface area (Å²) in [6.45, 7) is 2.21. The van der Waals surface area contributed by atoms with Gasteiger partial charge in [0.25, 0.3) is 0 Å². The van der Waals surface area contributed by atoms with Crippen LogP contribution in [0.1, 0.15) is 31.2 Å². The molecule has 0 atom stereocenters. The summed E-state index contributed by atoms with van der Waals surface area (Å²) in [5, 5.41) is 0. The standard InChI is InChI=1S/C13H18S/c1-11-6-2-5-9-13(11)14-10-12-7-3-4-8-12/h2,5-6,9,12H,3-4,7-8,10H2,1H3. The molecule has 1 aromatic rings. The number of aryl methyl sites for hydroxylation is 1. The number of benzene rings is 1. The molecule has 0 radical (unpaired) electrons. The Morgan fingerprint density at radius 2 is 1.93 bits per heavy atom. The molecule has 76 valence electrons. The van der Waals surface area contributed by atoms with Crippen LogP contribution in [0.25, 0.3) is 0 Å². The highest BCUT2D eigenvalue weighted by Crippen LogP contribution is 2.31. The minimum atomic E-state index is 0.986. The predicted octanol–water partition coefficient (Wildman–Crippen LogP) is 4.28. The van der Waals surface area contributed by atoms with Crippen LogP contribution in [0.2, 0.25) is 0 Å². The van der Waals surface area contributed by atoms with Crippen molar-refractivity contribution >= 4 is 11.8 Å². The quantitative estimate of drug-likeness (QED) is 0.665. The van der Waals surface area contributed by atoms with Gasteiger partial charge < -0.3 is 0 Å². The molecule has 0 heterocycles. The molecule has 0 nitrogen and oxygen atoms in total. The fraction of sp³-hybridized carbons (Fsp3) is 0.538. The maximum atomic E-state index is 2.24. The Morgan fingerprint density at radius 3 is 2.64 bits per heavy atom. The van der Waals surface area contributed by atoms with Crippen LogP contribution in [0.5, 0.6) is 0 Å². The fourth-order valence-corrected chi connectivity index (χ4v) is 3.32. The highest BCUT2D eigenvalue weighted by molar-refractivity contribution is 7.99. The minimum absolute atomic E-state index is 0.986. The van der Waals surface area contributed by atoms with Crippen LogP contribution in [-0.4, -0.2) is 5.75 Å². The average molecular weight is 206 g/mol. The Labute approximate surface area is 91.1 Å². The van der Waals surface area contributed by atoms with Crippen LogP contribution in [-0.2, 0) is 0 Å². The Balaban J connectivity index is 1.88. The van der Waals surface area contributed by atoms with Gasteiger partial charge in [-0.15, -0.1) is 11.8 Å². The van der Waals surface area contributed by atoms with E-state index in [4.69, 9.17) is 0 Å². The normalized spacial score (nSPS) is 17.5. The van der Waals surface area contributed by atoms with Gasteiger partial charge in [-0.1, -0.05) is 31.0 Å². The molecule has 1 aliphatic carbocycles. The van der Waals surface area contributed by atoms with Crippen molar-refractivity contribution in [1.82, 2.24) is 0 Å². The molecule has 1 fully saturated rings. The van der Waals surface area contributed by atoms with E-state index >= 15 is 0 Å². The van der Waals surface area contributed by atoms with E-state index in [1.165, 1.54) is 41.9 Å². The summed E-state index contributed by atoms with van der Waals surface area (Å²) in [6.07, 6.45) is 5.83. The number of hydrogen-bond acceptors (Lipinski definition) is 1. The van der Waals surface area contributed by atoms with Crippen molar-refractivity contribution in [3.05, 3.63) is 29.8 Å². The van der Waals surface area contributed by atoms with E-state index in [0.717, 1.165) is 5.92 Å². The van der Waals surface area contributed by atoms with E-state index < -0.39 is 0 Å². The zero-order valence-corrected chi connectivity index (χ0v) is 9.65. The van der Waals surface area contributed by atoms with Crippen LogP contribution < -0.4 is 0 Å². The molecule has 0 unspecified atom stereocenters. The zero-order chi connectivity index (χ0) is 9.80. The smallest absolute Gasteiger partial charge is 0.0101 e. The van der Waals surface area contributed by atoms with Crippen molar-refractivity contribution in [3.63, 3.8) is 0 Å². The Morgan fingerprint density at radius 1 is 1.21 bits per heavy atom. The molecule has 0 saturated heterocycles. The summed E-state index contributed by atoms with van der Waals surface area (Å²) in [4.78, 5) is 1.47. The van der Waals surface area contributed by atoms with Gasteiger partial charge in [0.05, 0.1) is 0 Å². The van der Waals surface area contributed by atoms with Crippen molar-refractivity contribution in [3.8, 4) is 0 Å². The van der Waals surface area contributed by atoms with Crippen LogP contribution in [0.4, 0.5) is 0 Å². The third-order valence-electron chi connectivity index (χ3n) is 3.04. The van der Waals surface area contributed by atoms with Gasteiger partial charge >= 0.3 is 0 Å². The molecule has 1 heteroatoms. The lowest BCUT2D eigenvalue weighted by Gasteiger charge is -2.09. The Kier molecular flexibility index (Phi) is 3.52. The van der Waals surface area contributed by atoms with Gasteiger partial charge in [0.1, 0.15) is 0 Å². The maximum absolute atomic E-state index is 2.24. The first kappa shape index (κ1) is 10.1. The number of hydrogen-bond donors (Lipinski definition) is 0. The topological polar surface area (TPSA) is 0 Å². The van der Waals surface area contributed by atoms with Crippen molar-refractivity contribution in [2.24, 2.45) is 5.92 Å². The molecule has 0 aromatic heterocycles. The predicted molar refractivity (Wildman–Crippen MR) is 63.9 cm³/mol. The monoisotopic (exact) mass is 206 g/mol. The first-order valence-electron chi connectivity index (χ1n) is 5.54. The third kappa shape index (κ3) is 2.54. The summed E-state index contributed by atoms with van der Waals surface area (Å²) < 4.78 is 0. The van der Waals surface area contributed by atoms with E-state index in [1.54, 1.807) is 0 Å². The van der Waals surface area contributed by atoms with Gasteiger partial charge in [-0.3, -0.25) is 0 Å². The van der Waals surface area contributed by atoms with Crippen molar-refractivity contribution in [2.75, 3.05) is 5.75 Å². The van der Waals surface area contributed by atoms with Crippen molar-refractivity contribution in [2.45, 2.75) is 37.5 Å². The molecule has 0 amide bonds. The summed E-state index contributed by atoms with van der Waals surface area (Å²) in [7, 11) is 0. The molecule has 1 saturated carbocycles. The zero-order valence-electron chi connectivity index (χ0n) is 8.83. The second-order valence-electron chi connectivity index (χ2n) is 4.23. The first-order valence-corrected chi connectivity index (χ1v) is 6.53. The molecule has 2 rings (SSSR count). The lowest BCUT2D eigenvalue weighted by molar-refractivity contribution is 0.623. The molecular formula is C13H18S. The van der Waals surface area contributed by atoms with Crippen LogP contribution in [0, 0.1) is 12.8 Å². The van der Waals surface area contributed by atoms with E-state index in [1.807, 2.05) is 11.8 Å². The number of rotatable bonds is 3. The average Bonchev–Trinajstić information content (AvgIpc) is 2.69. The third-order valence-corrected chi connectivity index (χ3v) is 4.45. The van der Waals surface area contributed by atoms with Gasteiger partial charge in [-0.25, -0.2) is 0 Å². The minimum Gasteiger partial charge on any atom is -0.126 e. The van der Waals surface area contributed by atoms with Gasteiger partial charge in [0, 0.05) is 10.6 Å². The molecule has 0 N–H and O–H groups in total. The summed E-state index contributed by atoms with van der Waals surface area (Å²) in [6, 6.07) is 8.71. The second kappa shape index (κ2) is 4.88. The second-order valence-corrected chi connectivity index (χ2v) is 5.29. The van der Waals surface area contributed by atoms with E-state index in [2.05, 4.69) is 31.2 Å².